The van der Waals surface area contributed by atoms with Gasteiger partial charge in [0.1, 0.15) is 11.6 Å². The van der Waals surface area contributed by atoms with Crippen molar-refractivity contribution in [3.63, 3.8) is 0 Å². The molecule has 1 aromatic carbocycles. The maximum atomic E-state index is 16.2. The van der Waals surface area contributed by atoms with E-state index >= 15 is 4.39 Å². The Morgan fingerprint density at radius 2 is 1.79 bits per heavy atom. The lowest BCUT2D eigenvalue weighted by Gasteiger charge is -2.52. The number of ketones is 4. The number of rotatable bonds is 7. The number of hydrogen-bond acceptors (Lipinski definition) is 9. The van der Waals surface area contributed by atoms with Crippen molar-refractivity contribution in [1.82, 2.24) is 9.80 Å². The van der Waals surface area contributed by atoms with Crippen molar-refractivity contribution in [3.05, 3.63) is 28.6 Å². The van der Waals surface area contributed by atoms with Crippen molar-refractivity contribution in [2.45, 2.75) is 64.6 Å². The monoisotopic (exact) mass is 585 g/mol. The molecule has 0 saturated heterocycles. The first kappa shape index (κ1) is 30.4. The molecule has 5 rings (SSSR count). The van der Waals surface area contributed by atoms with Gasteiger partial charge in [0, 0.05) is 36.7 Å². The molecule has 2 unspecified atom stereocenters. The van der Waals surface area contributed by atoms with Crippen molar-refractivity contribution < 1.29 is 38.6 Å². The first-order valence-electron chi connectivity index (χ1n) is 14.6. The van der Waals surface area contributed by atoms with E-state index in [4.69, 9.17) is 5.73 Å². The van der Waals surface area contributed by atoms with Crippen molar-refractivity contribution in [2.24, 2.45) is 40.7 Å². The molecule has 4 aliphatic rings. The van der Waals surface area contributed by atoms with Gasteiger partial charge in [0.15, 0.2) is 34.7 Å². The number of amides is 1. The molecular weight excluding hydrogens is 545 g/mol. The number of likely N-dealkylation sites (N-methyl/N-ethyl adjacent to an activating group) is 1. The Bertz CT molecular complexity index is 1380. The van der Waals surface area contributed by atoms with Crippen LogP contribution >= 0.6 is 0 Å². The van der Waals surface area contributed by atoms with E-state index in [0.717, 1.165) is 19.4 Å². The zero-order valence-electron chi connectivity index (χ0n) is 24.8. The number of aliphatic hydroxyl groups is 1. The summed E-state index contributed by atoms with van der Waals surface area (Å²) < 4.78 is 16.2. The van der Waals surface area contributed by atoms with E-state index in [0.29, 0.717) is 12.5 Å². The molecule has 3 fully saturated rings. The zero-order valence-corrected chi connectivity index (χ0v) is 24.8. The molecule has 0 spiro atoms. The lowest BCUT2D eigenvalue weighted by atomic mass is 9.52. The number of Topliss-reactive ketones (excluding diaryl/α,β-unsaturated/α-hetero) is 4. The van der Waals surface area contributed by atoms with E-state index in [2.05, 4.69) is 25.7 Å². The third kappa shape index (κ3) is 4.89. The van der Waals surface area contributed by atoms with Crippen molar-refractivity contribution in [1.29, 1.82) is 0 Å². The molecule has 0 aromatic heterocycles. The number of phenols is 1. The van der Waals surface area contributed by atoms with E-state index < -0.39 is 75.9 Å². The molecule has 0 aliphatic heterocycles. The third-order valence-corrected chi connectivity index (χ3v) is 9.37. The molecule has 228 valence electrons. The van der Waals surface area contributed by atoms with Crippen LogP contribution in [0, 0.1) is 40.8 Å². The number of nitrogens with zero attached hydrogens (tertiary/aromatic N) is 2. The number of halogens is 1. The van der Waals surface area contributed by atoms with Crippen molar-refractivity contribution >= 4 is 29.0 Å². The van der Waals surface area contributed by atoms with Crippen LogP contribution in [0.4, 0.5) is 4.39 Å². The predicted octanol–water partition coefficient (Wildman–Crippen LogP) is 1.26. The van der Waals surface area contributed by atoms with Gasteiger partial charge < -0.3 is 15.9 Å². The highest BCUT2D eigenvalue weighted by Gasteiger charge is 2.69. The Hall–Kier alpha value is -3.02. The molecule has 4 aliphatic carbocycles. The van der Waals surface area contributed by atoms with Crippen LogP contribution in [-0.4, -0.2) is 87.9 Å². The Morgan fingerprint density at radius 1 is 1.14 bits per heavy atom. The molecule has 11 heteroatoms. The number of carbonyl (C=O) groups excluding carboxylic acids is 5. The molecule has 1 aromatic rings. The number of hydrogen-bond donors (Lipinski definition) is 3. The summed E-state index contributed by atoms with van der Waals surface area (Å²) in [6.45, 7) is 8.04. The molecular formula is C31H40FN3O7. The lowest BCUT2D eigenvalue weighted by molar-refractivity contribution is -0.181. The number of carbonyl (C=O) groups is 5. The van der Waals surface area contributed by atoms with Crippen molar-refractivity contribution in [3.8, 4) is 5.75 Å². The van der Waals surface area contributed by atoms with Crippen LogP contribution in [-0.2, 0) is 32.1 Å². The van der Waals surface area contributed by atoms with Crippen LogP contribution in [0.1, 0.15) is 61.5 Å². The summed E-state index contributed by atoms with van der Waals surface area (Å²) >= 11 is 0. The first-order valence-corrected chi connectivity index (χ1v) is 14.6. The number of benzene rings is 1. The Labute approximate surface area is 244 Å². The zero-order chi connectivity index (χ0) is 31.0. The molecule has 10 nitrogen and oxygen atoms in total. The highest BCUT2D eigenvalue weighted by molar-refractivity contribution is 6.32. The van der Waals surface area contributed by atoms with E-state index in [9.17, 15) is 34.2 Å². The second-order valence-electron chi connectivity index (χ2n) is 14.2. The van der Waals surface area contributed by atoms with E-state index in [1.807, 2.05) is 0 Å². The van der Waals surface area contributed by atoms with Crippen LogP contribution in [0.25, 0.3) is 0 Å². The number of fused-ring (bicyclic) bond motifs is 3. The highest BCUT2D eigenvalue weighted by Crippen LogP contribution is 2.51. The van der Waals surface area contributed by atoms with Gasteiger partial charge in [0.05, 0.1) is 17.5 Å². The summed E-state index contributed by atoms with van der Waals surface area (Å²) in [5.41, 5.74) is 2.41. The Morgan fingerprint density at radius 3 is 2.33 bits per heavy atom. The van der Waals surface area contributed by atoms with Gasteiger partial charge in [-0.05, 0) is 63.1 Å². The first-order chi connectivity index (χ1) is 19.5. The van der Waals surface area contributed by atoms with Crippen LogP contribution in [0.2, 0.25) is 0 Å². The molecule has 6 atom stereocenters. The fourth-order valence-electron chi connectivity index (χ4n) is 7.58. The largest absolute Gasteiger partial charge is 0.507 e. The fraction of sp³-hybridized carbons (Fsp3) is 0.645. The van der Waals surface area contributed by atoms with E-state index in [1.54, 1.807) is 0 Å². The Balaban J connectivity index is 1.54. The molecule has 1 amide bonds. The summed E-state index contributed by atoms with van der Waals surface area (Å²) in [6, 6.07) is 0.0274. The summed E-state index contributed by atoms with van der Waals surface area (Å²) in [4.78, 5) is 69.9. The standard InChI is InChI=1S/C31H40FN3O7/c1-30(2,3)13-35(11-14-6-7-14)12-16-10-19(36)21-17(23(16)32)8-15-9-18-24(34(4)5)26(38)22(29(33)41)28(40)31(18,42)27(39)20(15)25(21)37/h10,14-15,18,20,22,24,36,42H,6-9,11-13H2,1-5H3,(H2,33,41)/t15-,18-,20?,22?,24-,31-/m0/s1. The van der Waals surface area contributed by atoms with Crippen LogP contribution in [0.5, 0.6) is 5.75 Å². The molecule has 3 saturated carbocycles. The fourth-order valence-corrected chi connectivity index (χ4v) is 7.58. The van der Waals surface area contributed by atoms with Crippen molar-refractivity contribution in [2.75, 3.05) is 27.2 Å². The smallest absolute Gasteiger partial charge is 0.235 e. The maximum absolute atomic E-state index is 16.2. The summed E-state index contributed by atoms with van der Waals surface area (Å²) in [5, 5.41) is 22.6. The molecule has 0 heterocycles. The van der Waals surface area contributed by atoms with Gasteiger partial charge >= 0.3 is 0 Å². The van der Waals surface area contributed by atoms with Gasteiger partial charge in [-0.3, -0.25) is 33.8 Å². The summed E-state index contributed by atoms with van der Waals surface area (Å²) in [7, 11) is 3.04. The topological polar surface area (TPSA) is 158 Å². The lowest BCUT2D eigenvalue weighted by Crippen LogP contribution is -2.74. The van der Waals surface area contributed by atoms with Gasteiger partial charge in [0.25, 0.3) is 0 Å². The van der Waals surface area contributed by atoms with Gasteiger partial charge in [-0.25, -0.2) is 4.39 Å². The minimum Gasteiger partial charge on any atom is -0.507 e. The van der Waals surface area contributed by atoms with Crippen LogP contribution in [0.3, 0.4) is 0 Å². The van der Waals surface area contributed by atoms with E-state index in [-0.39, 0.29) is 41.5 Å². The molecule has 0 bridgehead atoms. The average molecular weight is 586 g/mol. The van der Waals surface area contributed by atoms with Crippen LogP contribution < -0.4 is 5.73 Å². The van der Waals surface area contributed by atoms with E-state index in [1.165, 1.54) is 25.1 Å². The summed E-state index contributed by atoms with van der Waals surface area (Å²) in [5.74, 6) is -11.6. The van der Waals surface area contributed by atoms with Gasteiger partial charge in [0.2, 0.25) is 5.91 Å². The quantitative estimate of drug-likeness (QED) is 0.401. The molecule has 42 heavy (non-hydrogen) atoms. The van der Waals surface area contributed by atoms with Gasteiger partial charge in [-0.15, -0.1) is 0 Å². The molecule has 0 radical (unpaired) electrons. The van der Waals surface area contributed by atoms with Crippen LogP contribution in [0.15, 0.2) is 6.07 Å². The third-order valence-electron chi connectivity index (χ3n) is 9.37. The molecule has 4 N–H and O–H groups in total. The SMILES string of the molecule is CN(C)[C@@H]1C(=O)C(C(N)=O)C(=O)[C@@]2(O)C(=O)C3C(=O)c4c(O)cc(CN(CC5CC5)CC(C)(C)C)c(F)c4C[C@H]3C[C@@H]12. The number of nitrogens with two attached hydrogens (primary N) is 1. The number of primary amides is 1. The van der Waals surface area contributed by atoms with Gasteiger partial charge in [-0.2, -0.15) is 0 Å². The second-order valence-corrected chi connectivity index (χ2v) is 14.2. The summed E-state index contributed by atoms with van der Waals surface area (Å²) in [6.07, 6.45) is 2.03. The average Bonchev–Trinajstić information content (AvgIpc) is 3.67. The Kier molecular flexibility index (Phi) is 7.47. The predicted molar refractivity (Wildman–Crippen MR) is 149 cm³/mol. The minimum atomic E-state index is -2.80. The number of aromatic hydroxyl groups is 1. The highest BCUT2D eigenvalue weighted by atomic mass is 19.1. The minimum absolute atomic E-state index is 0.00139. The van der Waals surface area contributed by atoms with Gasteiger partial charge in [-0.1, -0.05) is 20.8 Å². The normalized spacial score (nSPS) is 31.3. The second kappa shape index (κ2) is 10.3. The maximum Gasteiger partial charge on any atom is 0.235 e. The number of phenolic OH excluding ortho intramolecular Hbond substituents is 1.